The number of nitrogens with two attached hydrogens (primary N) is 1. The molecule has 0 unspecified atom stereocenters. The molecule has 1 heterocycles. The van der Waals surface area contributed by atoms with E-state index in [1.807, 2.05) is 0 Å². The second-order valence-corrected chi connectivity index (χ2v) is 4.14. The highest BCUT2D eigenvalue weighted by Gasteiger charge is 2.20. The van der Waals surface area contributed by atoms with Gasteiger partial charge in [0.1, 0.15) is 6.61 Å². The van der Waals surface area contributed by atoms with Crippen molar-refractivity contribution in [3.05, 3.63) is 58.0 Å². The fourth-order valence-electron chi connectivity index (χ4n) is 1.65. The van der Waals surface area contributed by atoms with E-state index in [1.54, 1.807) is 0 Å². The first-order chi connectivity index (χ1) is 9.90. The zero-order valence-electron chi connectivity index (χ0n) is 10.6. The fourth-order valence-corrected chi connectivity index (χ4v) is 1.65. The van der Waals surface area contributed by atoms with Crippen LogP contribution in [0.1, 0.15) is 0 Å². The number of ether oxygens (including phenoxy) is 1. The van der Waals surface area contributed by atoms with E-state index in [-0.39, 0.29) is 19.2 Å². The van der Waals surface area contributed by atoms with Gasteiger partial charge in [-0.05, 0) is 6.07 Å². The van der Waals surface area contributed by atoms with Crippen LogP contribution in [0.3, 0.4) is 0 Å². The summed E-state index contributed by atoms with van der Waals surface area (Å²) >= 11 is 0. The Morgan fingerprint density at radius 3 is 2.33 bits per heavy atom. The third-order valence-corrected chi connectivity index (χ3v) is 2.66. The highest BCUT2D eigenvalue weighted by molar-refractivity contribution is 5.33. The number of hydrogen-bond acceptors (Lipinski definition) is 3. The smallest absolute Gasteiger partial charge is 0.250 e. The van der Waals surface area contributed by atoms with Crippen molar-refractivity contribution in [2.75, 3.05) is 12.3 Å². The molecule has 0 atom stereocenters. The zero-order valence-corrected chi connectivity index (χ0v) is 10.6. The van der Waals surface area contributed by atoms with E-state index in [9.17, 15) is 22.4 Å². The molecule has 21 heavy (non-hydrogen) atoms. The largest absolute Gasteiger partial charge is 0.486 e. The molecule has 0 saturated carbocycles. The molecular weight excluding hydrogens is 292 g/mol. The minimum atomic E-state index is -1.63. The van der Waals surface area contributed by atoms with Gasteiger partial charge in [-0.1, -0.05) is 0 Å². The summed E-state index contributed by atoms with van der Waals surface area (Å²) in [5.41, 5.74) is 5.38. The van der Waals surface area contributed by atoms with Crippen LogP contribution in [0.5, 0.6) is 5.75 Å². The highest BCUT2D eigenvalue weighted by atomic mass is 19.2. The summed E-state index contributed by atoms with van der Waals surface area (Å²) < 4.78 is 58.4. The predicted molar refractivity (Wildman–Crippen MR) is 66.9 cm³/mol. The first-order valence-corrected chi connectivity index (χ1v) is 5.82. The normalized spacial score (nSPS) is 10.7. The van der Waals surface area contributed by atoms with E-state index < -0.39 is 34.6 Å². The Balaban J connectivity index is 2.14. The van der Waals surface area contributed by atoms with Crippen LogP contribution >= 0.6 is 0 Å². The average molecular weight is 302 g/mol. The number of hydrogen-bond donors (Lipinski definition) is 1. The molecule has 0 aliphatic carbocycles. The van der Waals surface area contributed by atoms with Crippen LogP contribution in [0.4, 0.5) is 23.2 Å². The summed E-state index contributed by atoms with van der Waals surface area (Å²) in [6.45, 7) is -0.471. The molecule has 0 radical (unpaired) electrons. The molecule has 0 aliphatic heterocycles. The van der Waals surface area contributed by atoms with Crippen molar-refractivity contribution in [1.82, 2.24) is 4.57 Å². The first-order valence-electron chi connectivity index (χ1n) is 5.82. The van der Waals surface area contributed by atoms with E-state index in [2.05, 4.69) is 0 Å². The Labute approximate surface area is 116 Å². The summed E-state index contributed by atoms with van der Waals surface area (Å²) in [5.74, 6) is -7.55. The van der Waals surface area contributed by atoms with E-state index in [0.717, 1.165) is 4.57 Å². The van der Waals surface area contributed by atoms with Gasteiger partial charge in [0.25, 0.3) is 5.56 Å². The summed E-state index contributed by atoms with van der Waals surface area (Å²) in [6.07, 6.45) is 1.31. The fraction of sp³-hybridized carbons (Fsp3) is 0.154. The van der Waals surface area contributed by atoms with Crippen molar-refractivity contribution >= 4 is 5.69 Å². The van der Waals surface area contributed by atoms with Crippen LogP contribution < -0.4 is 16.0 Å². The van der Waals surface area contributed by atoms with Gasteiger partial charge in [0, 0.05) is 24.0 Å². The molecule has 0 fully saturated rings. The first kappa shape index (κ1) is 14.9. The molecule has 1 aromatic carbocycles. The maximum Gasteiger partial charge on any atom is 0.250 e. The number of halogens is 4. The lowest BCUT2D eigenvalue weighted by Crippen LogP contribution is -2.22. The average Bonchev–Trinajstić information content (AvgIpc) is 2.44. The predicted octanol–water partition coefficient (Wildman–Crippen LogP) is 2.07. The summed E-state index contributed by atoms with van der Waals surface area (Å²) in [6, 6.07) is 2.68. The second-order valence-electron chi connectivity index (χ2n) is 4.14. The quantitative estimate of drug-likeness (QED) is 0.695. The molecule has 4 nitrogen and oxygen atoms in total. The lowest BCUT2D eigenvalue weighted by molar-refractivity contribution is 0.257. The van der Waals surface area contributed by atoms with Crippen molar-refractivity contribution in [2.45, 2.75) is 6.54 Å². The number of aromatic nitrogens is 1. The van der Waals surface area contributed by atoms with Crippen LogP contribution in [0.25, 0.3) is 0 Å². The van der Waals surface area contributed by atoms with Crippen molar-refractivity contribution in [2.24, 2.45) is 0 Å². The summed E-state index contributed by atoms with van der Waals surface area (Å²) in [7, 11) is 0. The van der Waals surface area contributed by atoms with Crippen LogP contribution in [0.2, 0.25) is 0 Å². The van der Waals surface area contributed by atoms with Gasteiger partial charge in [0.05, 0.1) is 6.54 Å². The molecule has 2 N–H and O–H groups in total. The molecule has 0 bridgehead atoms. The molecule has 0 aliphatic rings. The number of nitrogens with zero attached hydrogens (tertiary/aromatic N) is 1. The van der Waals surface area contributed by atoms with Gasteiger partial charge in [-0.3, -0.25) is 4.79 Å². The topological polar surface area (TPSA) is 57.2 Å². The number of anilines is 1. The van der Waals surface area contributed by atoms with Crippen LogP contribution in [-0.4, -0.2) is 11.2 Å². The van der Waals surface area contributed by atoms with E-state index in [0.29, 0.717) is 5.69 Å². The molecule has 112 valence electrons. The van der Waals surface area contributed by atoms with Gasteiger partial charge < -0.3 is 15.0 Å². The molecule has 1 aromatic heterocycles. The Hall–Kier alpha value is -2.51. The SMILES string of the molecule is Nc1ccc(=O)n(CCOc2c(F)c(F)cc(F)c2F)c1. The molecule has 0 spiro atoms. The number of rotatable bonds is 4. The Morgan fingerprint density at radius 2 is 1.71 bits per heavy atom. The lowest BCUT2D eigenvalue weighted by atomic mass is 10.3. The van der Waals surface area contributed by atoms with Gasteiger partial charge in [0.15, 0.2) is 17.4 Å². The van der Waals surface area contributed by atoms with Crippen LogP contribution in [0, 0.1) is 23.3 Å². The Bertz CT molecular complexity index is 705. The monoisotopic (exact) mass is 302 g/mol. The molecule has 8 heteroatoms. The van der Waals surface area contributed by atoms with Crippen LogP contribution in [0.15, 0.2) is 29.2 Å². The number of pyridine rings is 1. The summed E-state index contributed by atoms with van der Waals surface area (Å²) in [4.78, 5) is 11.4. The third kappa shape index (κ3) is 3.15. The van der Waals surface area contributed by atoms with Crippen molar-refractivity contribution < 1.29 is 22.3 Å². The maximum absolute atomic E-state index is 13.3. The molecule has 0 saturated heterocycles. The number of nitrogen functional groups attached to an aromatic ring is 1. The van der Waals surface area contributed by atoms with Crippen LogP contribution in [-0.2, 0) is 6.54 Å². The van der Waals surface area contributed by atoms with Gasteiger partial charge in [0.2, 0.25) is 11.6 Å². The van der Waals surface area contributed by atoms with Gasteiger partial charge in [-0.25, -0.2) is 8.78 Å². The Morgan fingerprint density at radius 1 is 1.10 bits per heavy atom. The van der Waals surface area contributed by atoms with Crippen molar-refractivity contribution in [3.8, 4) is 5.75 Å². The maximum atomic E-state index is 13.3. The molecule has 2 aromatic rings. The van der Waals surface area contributed by atoms with Crippen molar-refractivity contribution in [1.29, 1.82) is 0 Å². The second kappa shape index (κ2) is 5.86. The lowest BCUT2D eigenvalue weighted by Gasteiger charge is -2.10. The summed E-state index contributed by atoms with van der Waals surface area (Å²) in [5, 5.41) is 0. The van der Waals surface area contributed by atoms with Crippen molar-refractivity contribution in [3.63, 3.8) is 0 Å². The Kier molecular flexibility index (Phi) is 4.15. The zero-order chi connectivity index (χ0) is 15.6. The van der Waals surface area contributed by atoms with E-state index in [1.165, 1.54) is 18.3 Å². The highest BCUT2D eigenvalue weighted by Crippen LogP contribution is 2.26. The minimum Gasteiger partial charge on any atom is -0.486 e. The molecule has 0 amide bonds. The third-order valence-electron chi connectivity index (χ3n) is 2.66. The molecule has 2 rings (SSSR count). The molecular formula is C13H10F4N2O2. The van der Waals surface area contributed by atoms with Gasteiger partial charge >= 0.3 is 0 Å². The van der Waals surface area contributed by atoms with E-state index in [4.69, 9.17) is 10.5 Å². The van der Waals surface area contributed by atoms with Gasteiger partial charge in [-0.15, -0.1) is 0 Å². The number of benzene rings is 1. The minimum absolute atomic E-state index is 0.0833. The van der Waals surface area contributed by atoms with E-state index >= 15 is 0 Å². The standard InChI is InChI=1S/C13H10F4N2O2/c14-8-5-9(15)12(17)13(11(8)16)21-4-3-19-6-7(18)1-2-10(19)20/h1-2,5-6H,3-4,18H2. The van der Waals surface area contributed by atoms with Gasteiger partial charge in [-0.2, -0.15) is 8.78 Å².